The minimum atomic E-state index is -3.69. The van der Waals surface area contributed by atoms with E-state index in [4.69, 9.17) is 17.3 Å². The number of halogens is 2. The molecule has 1 aliphatic heterocycles. The highest BCUT2D eigenvalue weighted by molar-refractivity contribution is 7.89. The summed E-state index contributed by atoms with van der Waals surface area (Å²) in [5, 5.41) is 0.510. The van der Waals surface area contributed by atoms with Crippen molar-refractivity contribution < 1.29 is 12.8 Å². The second-order valence-corrected chi connectivity index (χ2v) is 9.67. The molecule has 2 aromatic carbocycles. The van der Waals surface area contributed by atoms with E-state index in [9.17, 15) is 8.42 Å². The molecule has 0 fully saturated rings. The molecule has 0 amide bonds. The zero-order valence-corrected chi connectivity index (χ0v) is 17.0. The third-order valence-electron chi connectivity index (χ3n) is 5.33. The van der Waals surface area contributed by atoms with Gasteiger partial charge in [-0.15, -0.1) is 0 Å². The summed E-state index contributed by atoms with van der Waals surface area (Å²) >= 11 is 6.54. The lowest BCUT2D eigenvalue weighted by Crippen LogP contribution is -2.50. The van der Waals surface area contributed by atoms with Crippen molar-refractivity contribution in [3.05, 3.63) is 70.5 Å². The fourth-order valence-electron chi connectivity index (χ4n) is 3.77. The molecule has 0 radical (unpaired) electrons. The summed E-state index contributed by atoms with van der Waals surface area (Å²) in [4.78, 5) is 4.30. The molecule has 2 aromatic rings. The SMILES string of the molecule is C.CN1C(N)=N[C@](C)(c2cc3c(cc2F)C(Cl)=C(c2ccccc2)C3)CS1(=O)=O. The number of hydrogen-bond acceptors (Lipinski definition) is 4. The fraction of sp³-hybridized carbons (Fsp3) is 0.286. The van der Waals surface area contributed by atoms with Crippen molar-refractivity contribution >= 4 is 38.2 Å². The van der Waals surface area contributed by atoms with Gasteiger partial charge in [0.1, 0.15) is 11.4 Å². The molecule has 1 heterocycles. The Hall–Kier alpha value is -2.38. The lowest BCUT2D eigenvalue weighted by molar-refractivity contribution is 0.457. The molecule has 5 nitrogen and oxygen atoms in total. The summed E-state index contributed by atoms with van der Waals surface area (Å²) in [6.45, 7) is 1.58. The molecule has 2 N–H and O–H groups in total. The molecule has 0 unspecified atom stereocenters. The van der Waals surface area contributed by atoms with Gasteiger partial charge in [-0.2, -0.15) is 0 Å². The van der Waals surface area contributed by atoms with Crippen LogP contribution in [0.25, 0.3) is 10.6 Å². The smallest absolute Gasteiger partial charge is 0.239 e. The van der Waals surface area contributed by atoms with E-state index in [1.807, 2.05) is 30.3 Å². The van der Waals surface area contributed by atoms with Gasteiger partial charge in [-0.25, -0.2) is 22.1 Å². The van der Waals surface area contributed by atoms with E-state index < -0.39 is 21.4 Å². The first-order valence-electron chi connectivity index (χ1n) is 8.72. The Labute approximate surface area is 175 Å². The molecule has 0 spiro atoms. The number of rotatable bonds is 2. The quantitative estimate of drug-likeness (QED) is 0.776. The third kappa shape index (κ3) is 3.42. The maximum absolute atomic E-state index is 15.1. The topological polar surface area (TPSA) is 75.8 Å². The van der Waals surface area contributed by atoms with Crippen LogP contribution < -0.4 is 5.73 Å². The normalized spacial score (nSPS) is 22.8. The summed E-state index contributed by atoms with van der Waals surface area (Å²) in [6.07, 6.45) is 0.535. The summed E-state index contributed by atoms with van der Waals surface area (Å²) in [5.41, 5.74) is 8.04. The number of nitrogens with two attached hydrogens (primary N) is 1. The van der Waals surface area contributed by atoms with E-state index in [0.29, 0.717) is 17.0 Å². The minimum absolute atomic E-state index is 0. The van der Waals surface area contributed by atoms with Crippen LogP contribution >= 0.6 is 11.6 Å². The van der Waals surface area contributed by atoms with E-state index in [1.54, 1.807) is 13.0 Å². The highest BCUT2D eigenvalue weighted by atomic mass is 35.5. The first kappa shape index (κ1) is 21.3. The Morgan fingerprint density at radius 1 is 1.24 bits per heavy atom. The van der Waals surface area contributed by atoms with Crippen molar-refractivity contribution in [2.75, 3.05) is 12.8 Å². The molecule has 4 rings (SSSR count). The number of guanidine groups is 1. The second-order valence-electron chi connectivity index (χ2n) is 7.29. The molecule has 1 aliphatic carbocycles. The van der Waals surface area contributed by atoms with Gasteiger partial charge in [0.25, 0.3) is 0 Å². The van der Waals surface area contributed by atoms with Gasteiger partial charge in [-0.05, 0) is 41.3 Å². The van der Waals surface area contributed by atoms with Crippen LogP contribution in [0.5, 0.6) is 0 Å². The van der Waals surface area contributed by atoms with Gasteiger partial charge >= 0.3 is 0 Å². The molecule has 29 heavy (non-hydrogen) atoms. The molecule has 8 heteroatoms. The van der Waals surface area contributed by atoms with E-state index in [2.05, 4.69) is 4.99 Å². The number of allylic oxidation sites excluding steroid dienone is 1. The highest BCUT2D eigenvalue weighted by Crippen LogP contribution is 2.44. The van der Waals surface area contributed by atoms with Gasteiger partial charge in [0, 0.05) is 19.0 Å². The molecular weight excluding hydrogens is 413 g/mol. The van der Waals surface area contributed by atoms with E-state index in [-0.39, 0.29) is 24.7 Å². The van der Waals surface area contributed by atoms with E-state index >= 15 is 4.39 Å². The van der Waals surface area contributed by atoms with Gasteiger partial charge in [-0.3, -0.25) is 0 Å². The van der Waals surface area contributed by atoms with Crippen molar-refractivity contribution in [3.8, 4) is 0 Å². The molecule has 154 valence electrons. The van der Waals surface area contributed by atoms with Crippen LogP contribution in [-0.2, 0) is 22.0 Å². The van der Waals surface area contributed by atoms with Gasteiger partial charge in [-0.1, -0.05) is 49.4 Å². The number of nitrogens with zero attached hydrogens (tertiary/aromatic N) is 2. The third-order valence-corrected chi connectivity index (χ3v) is 7.71. The molecule has 2 aliphatic rings. The molecule has 0 saturated carbocycles. The zero-order valence-electron chi connectivity index (χ0n) is 15.4. The van der Waals surface area contributed by atoms with Gasteiger partial charge in [0.2, 0.25) is 16.0 Å². The molecular formula is C21H23ClFN3O2S. The Bertz CT molecular complexity index is 1150. The average molecular weight is 436 g/mol. The molecule has 0 bridgehead atoms. The lowest BCUT2D eigenvalue weighted by atomic mass is 9.91. The standard InChI is InChI=1S/C20H19ClFN3O2S.CH4/c1-20(11-28(26,27)25(2)19(23)24-20)16-9-13-8-14(12-6-4-3-5-7-12)18(21)15(13)10-17(16)22;/h3-7,9-10H,8,11H2,1-2H3,(H2,23,24);1H4/t20-;/m0./s1. The number of benzene rings is 2. The van der Waals surface area contributed by atoms with Crippen LogP contribution in [-0.4, -0.2) is 31.5 Å². The van der Waals surface area contributed by atoms with E-state index in [1.165, 1.54) is 13.1 Å². The Morgan fingerprint density at radius 2 is 1.90 bits per heavy atom. The van der Waals surface area contributed by atoms with Crippen LogP contribution in [0.1, 0.15) is 36.6 Å². The highest BCUT2D eigenvalue weighted by Gasteiger charge is 2.42. The Morgan fingerprint density at radius 3 is 2.52 bits per heavy atom. The van der Waals surface area contributed by atoms with Crippen LogP contribution in [0.2, 0.25) is 0 Å². The maximum Gasteiger partial charge on any atom is 0.239 e. The van der Waals surface area contributed by atoms with Crippen LogP contribution in [0.15, 0.2) is 47.5 Å². The van der Waals surface area contributed by atoms with Gasteiger partial charge < -0.3 is 5.73 Å². The largest absolute Gasteiger partial charge is 0.369 e. The minimum Gasteiger partial charge on any atom is -0.369 e. The predicted molar refractivity (Wildman–Crippen MR) is 116 cm³/mol. The monoisotopic (exact) mass is 435 g/mol. The van der Waals surface area contributed by atoms with Crippen LogP contribution in [0, 0.1) is 5.82 Å². The number of fused-ring (bicyclic) bond motifs is 1. The molecule has 1 atom stereocenters. The maximum atomic E-state index is 15.1. The van der Waals surface area contributed by atoms with Crippen LogP contribution in [0.4, 0.5) is 4.39 Å². The molecule has 0 aromatic heterocycles. The number of sulfonamides is 1. The second kappa shape index (κ2) is 7.15. The van der Waals surface area contributed by atoms with Crippen molar-refractivity contribution in [3.63, 3.8) is 0 Å². The van der Waals surface area contributed by atoms with Crippen molar-refractivity contribution in [1.82, 2.24) is 4.31 Å². The Balaban J connectivity index is 0.00000240. The van der Waals surface area contributed by atoms with Gasteiger partial charge in [0.05, 0.1) is 10.8 Å². The van der Waals surface area contributed by atoms with Crippen molar-refractivity contribution in [2.24, 2.45) is 10.7 Å². The number of hydrogen-bond donors (Lipinski definition) is 1. The lowest BCUT2D eigenvalue weighted by Gasteiger charge is -2.34. The predicted octanol–water partition coefficient (Wildman–Crippen LogP) is 3.93. The summed E-state index contributed by atoms with van der Waals surface area (Å²) in [6, 6.07) is 12.7. The first-order chi connectivity index (χ1) is 13.1. The Kier molecular flexibility index (Phi) is 5.26. The average Bonchev–Trinajstić information content (AvgIpc) is 2.95. The number of aliphatic imine (C=N–C) groups is 1. The van der Waals surface area contributed by atoms with Crippen molar-refractivity contribution in [1.29, 1.82) is 0 Å². The van der Waals surface area contributed by atoms with Crippen LogP contribution in [0.3, 0.4) is 0 Å². The van der Waals surface area contributed by atoms with Crippen molar-refractivity contribution in [2.45, 2.75) is 26.3 Å². The summed E-state index contributed by atoms with van der Waals surface area (Å²) < 4.78 is 40.8. The first-order valence-corrected chi connectivity index (χ1v) is 10.7. The fourth-order valence-corrected chi connectivity index (χ4v) is 5.57. The molecule has 0 saturated heterocycles. The van der Waals surface area contributed by atoms with E-state index in [0.717, 1.165) is 21.0 Å². The summed E-state index contributed by atoms with van der Waals surface area (Å²) in [7, 11) is -2.35. The van der Waals surface area contributed by atoms with Gasteiger partial charge in [0.15, 0.2) is 0 Å². The zero-order chi connectivity index (χ0) is 20.3. The summed E-state index contributed by atoms with van der Waals surface area (Å²) in [5.74, 6) is -1.07.